The molecule has 10 atom stereocenters. The maximum Gasteiger partial charge on any atom is 0.303 e. The molecule has 5 fully saturated rings. The molecule has 1 aromatic rings. The topological polar surface area (TPSA) is 63.2 Å². The van der Waals surface area contributed by atoms with Gasteiger partial charge in [0.15, 0.2) is 14.1 Å². The summed E-state index contributed by atoms with van der Waals surface area (Å²) in [7, 11) is -2.16. The van der Waals surface area contributed by atoms with Gasteiger partial charge in [0, 0.05) is 25.2 Å². The zero-order chi connectivity index (χ0) is 31.0. The fraction of sp³-hybridized carbons (Fsp3) is 0.806. The first kappa shape index (κ1) is 31.7. The van der Waals surface area contributed by atoms with Crippen LogP contribution in [0.3, 0.4) is 0 Å². The van der Waals surface area contributed by atoms with Crippen molar-refractivity contribution < 1.29 is 28.2 Å². The van der Waals surface area contributed by atoms with Crippen LogP contribution in [0.2, 0.25) is 18.1 Å². The normalized spacial score (nSPS) is 42.0. The van der Waals surface area contributed by atoms with Crippen molar-refractivity contribution in [1.82, 2.24) is 0 Å². The second-order valence-electron chi connectivity index (χ2n) is 16.7. The third kappa shape index (κ3) is 5.37. The molecule has 0 aromatic heterocycles. The fourth-order valence-corrected chi connectivity index (χ4v) is 11.3. The van der Waals surface area contributed by atoms with Crippen LogP contribution in [-0.2, 0) is 34.8 Å². The van der Waals surface area contributed by atoms with Crippen LogP contribution in [0.25, 0.3) is 0 Å². The second kappa shape index (κ2) is 10.9. The molecule has 6 nitrogen and oxygen atoms in total. The second-order valence-corrected chi connectivity index (χ2v) is 21.4. The van der Waals surface area contributed by atoms with Crippen molar-refractivity contribution >= 4 is 14.3 Å². The summed E-state index contributed by atoms with van der Waals surface area (Å²) in [4.78, 5) is 13.1. The highest BCUT2D eigenvalue weighted by Gasteiger charge is 2.73. The Morgan fingerprint density at radius 3 is 2.35 bits per heavy atom. The molecule has 4 aliphatic carbocycles. The summed E-state index contributed by atoms with van der Waals surface area (Å²) < 4.78 is 34.7. The van der Waals surface area contributed by atoms with Gasteiger partial charge in [-0.2, -0.15) is 0 Å². The van der Waals surface area contributed by atoms with Gasteiger partial charge in [0.05, 0.1) is 31.0 Å². The summed E-state index contributed by atoms with van der Waals surface area (Å²) in [6.07, 6.45) is 7.11. The smallest absolute Gasteiger partial charge is 0.303 e. The largest absolute Gasteiger partial charge is 0.456 e. The molecule has 0 bridgehead atoms. The Hall–Kier alpha value is -1.25. The minimum Gasteiger partial charge on any atom is -0.456 e. The van der Waals surface area contributed by atoms with Gasteiger partial charge in [-0.25, -0.2) is 0 Å². The zero-order valence-corrected chi connectivity index (χ0v) is 29.1. The number of fused-ring (bicyclic) bond motifs is 8. The van der Waals surface area contributed by atoms with E-state index in [1.807, 2.05) is 0 Å². The van der Waals surface area contributed by atoms with Gasteiger partial charge in [-0.3, -0.25) is 4.79 Å². The van der Waals surface area contributed by atoms with Gasteiger partial charge in [0.2, 0.25) is 0 Å². The third-order valence-corrected chi connectivity index (χ3v) is 17.1. The molecule has 0 radical (unpaired) electrons. The standard InChI is InChI=1S/C36H56O6Si/c1-23(37)39-36-21-27(38-22-24-15-11-10-12-16-24)30-29(25(36)18-19-28(36)42-43(8,9)33(2,3)4)32-31(40-34(5,6)41-32)26-17-13-14-20-35(26,30)7/h10-12,15-16,25-32H,13-14,17-22H2,1-9H3/t25?,26?,27-,28-,29?,30?,31+,32+,35-,36+/m0/s1. The minimum atomic E-state index is -2.16. The molecule has 1 saturated heterocycles. The molecule has 1 aliphatic heterocycles. The van der Waals surface area contributed by atoms with Gasteiger partial charge in [0.25, 0.3) is 0 Å². The summed E-state index contributed by atoms with van der Waals surface area (Å²) >= 11 is 0. The van der Waals surface area contributed by atoms with E-state index in [1.54, 1.807) is 6.92 Å². The SMILES string of the molecule is CC(=O)O[C@]12C[C@H](OCc3ccccc3)C3C(C1CC[C@@H]2O[Si](C)(C)C(C)(C)C)[C@H]1OC(C)(C)O[C@@H]1C1CCCC[C@]31C. The van der Waals surface area contributed by atoms with Crippen LogP contribution in [0.15, 0.2) is 30.3 Å². The Balaban J connectivity index is 1.47. The molecule has 4 saturated carbocycles. The van der Waals surface area contributed by atoms with Crippen LogP contribution < -0.4 is 0 Å². The van der Waals surface area contributed by atoms with Crippen molar-refractivity contribution in [3.63, 3.8) is 0 Å². The first-order valence-electron chi connectivity index (χ1n) is 17.0. The quantitative estimate of drug-likeness (QED) is 0.239. The number of benzene rings is 1. The minimum absolute atomic E-state index is 0.0461. The molecule has 5 aliphatic rings. The Morgan fingerprint density at radius 1 is 0.977 bits per heavy atom. The van der Waals surface area contributed by atoms with Crippen LogP contribution in [0.5, 0.6) is 0 Å². The van der Waals surface area contributed by atoms with E-state index in [0.717, 1.165) is 12.8 Å². The lowest BCUT2D eigenvalue weighted by atomic mass is 9.44. The number of hydrogen-bond donors (Lipinski definition) is 0. The Bertz CT molecular complexity index is 1180. The van der Waals surface area contributed by atoms with Gasteiger partial charge in [-0.05, 0) is 80.5 Å². The van der Waals surface area contributed by atoms with Crippen LogP contribution >= 0.6 is 0 Å². The first-order chi connectivity index (χ1) is 20.1. The molecule has 43 heavy (non-hydrogen) atoms. The van der Waals surface area contributed by atoms with Crippen molar-refractivity contribution in [1.29, 1.82) is 0 Å². The van der Waals surface area contributed by atoms with E-state index in [-0.39, 0.29) is 52.7 Å². The van der Waals surface area contributed by atoms with Crippen molar-refractivity contribution in [3.05, 3.63) is 35.9 Å². The van der Waals surface area contributed by atoms with Crippen molar-refractivity contribution in [2.45, 2.75) is 154 Å². The lowest BCUT2D eigenvalue weighted by Crippen LogP contribution is -2.70. The summed E-state index contributed by atoms with van der Waals surface area (Å²) in [5.41, 5.74) is 0.488. The number of carbonyl (C=O) groups excluding carboxylic acids is 1. The molecule has 1 aromatic carbocycles. The number of ether oxygens (including phenoxy) is 4. The van der Waals surface area contributed by atoms with E-state index in [2.05, 4.69) is 85.0 Å². The van der Waals surface area contributed by atoms with Crippen molar-refractivity contribution in [2.24, 2.45) is 29.1 Å². The molecular formula is C36H56O6Si. The molecule has 0 spiro atoms. The molecule has 240 valence electrons. The van der Waals surface area contributed by atoms with Gasteiger partial charge in [0.1, 0.15) is 5.60 Å². The molecule has 0 N–H and O–H groups in total. The average molecular weight is 613 g/mol. The third-order valence-electron chi connectivity index (χ3n) is 12.6. The molecule has 7 heteroatoms. The van der Waals surface area contributed by atoms with Gasteiger partial charge < -0.3 is 23.4 Å². The summed E-state index contributed by atoms with van der Waals surface area (Å²) in [6, 6.07) is 10.5. The van der Waals surface area contributed by atoms with E-state index >= 15 is 0 Å². The Labute approximate surface area is 261 Å². The predicted octanol–water partition coefficient (Wildman–Crippen LogP) is 8.04. The van der Waals surface area contributed by atoms with Crippen LogP contribution in [-0.4, -0.2) is 50.1 Å². The number of rotatable bonds is 6. The summed E-state index contributed by atoms with van der Waals surface area (Å²) in [6.45, 7) is 20.3. The lowest BCUT2D eigenvalue weighted by molar-refractivity contribution is -0.259. The van der Waals surface area contributed by atoms with Crippen molar-refractivity contribution in [3.8, 4) is 0 Å². The summed E-state index contributed by atoms with van der Waals surface area (Å²) in [5.74, 6) is 0.152. The van der Waals surface area contributed by atoms with E-state index in [9.17, 15) is 4.79 Å². The fourth-order valence-electron chi connectivity index (χ4n) is 9.94. The number of carbonyl (C=O) groups is 1. The number of hydrogen-bond acceptors (Lipinski definition) is 6. The van der Waals surface area contributed by atoms with E-state index in [0.29, 0.717) is 24.9 Å². The van der Waals surface area contributed by atoms with E-state index < -0.39 is 19.7 Å². The number of esters is 1. The average Bonchev–Trinajstić information content (AvgIpc) is 3.42. The Morgan fingerprint density at radius 2 is 1.67 bits per heavy atom. The van der Waals surface area contributed by atoms with Crippen molar-refractivity contribution in [2.75, 3.05) is 0 Å². The molecule has 1 heterocycles. The van der Waals surface area contributed by atoms with Gasteiger partial charge >= 0.3 is 5.97 Å². The first-order valence-corrected chi connectivity index (χ1v) is 19.9. The zero-order valence-electron chi connectivity index (χ0n) is 28.1. The van der Waals surface area contributed by atoms with Crippen LogP contribution in [0, 0.1) is 29.1 Å². The monoisotopic (exact) mass is 612 g/mol. The highest BCUT2D eigenvalue weighted by atomic mass is 28.4. The van der Waals surface area contributed by atoms with Crippen LogP contribution in [0.1, 0.15) is 99.0 Å². The van der Waals surface area contributed by atoms with E-state index in [1.165, 1.54) is 31.2 Å². The molecule has 6 rings (SSSR count). The maximum absolute atomic E-state index is 13.1. The molecule has 4 unspecified atom stereocenters. The molecular weight excluding hydrogens is 556 g/mol. The predicted molar refractivity (Wildman–Crippen MR) is 170 cm³/mol. The highest BCUT2D eigenvalue weighted by Crippen LogP contribution is 2.68. The lowest BCUT2D eigenvalue weighted by Gasteiger charge is -2.64. The molecule has 0 amide bonds. The summed E-state index contributed by atoms with van der Waals surface area (Å²) in [5, 5.41) is 0.0497. The van der Waals surface area contributed by atoms with Gasteiger partial charge in [-0.15, -0.1) is 0 Å². The van der Waals surface area contributed by atoms with E-state index in [4.69, 9.17) is 23.4 Å². The highest BCUT2D eigenvalue weighted by molar-refractivity contribution is 6.74. The Kier molecular flexibility index (Phi) is 8.06. The van der Waals surface area contributed by atoms with Gasteiger partial charge in [-0.1, -0.05) is 70.9 Å². The van der Waals surface area contributed by atoms with Crippen LogP contribution in [0.4, 0.5) is 0 Å². The maximum atomic E-state index is 13.1.